The molecule has 0 aromatic carbocycles. The van der Waals surface area contributed by atoms with Gasteiger partial charge < -0.3 is 9.74 Å². The molecule has 0 fully saturated rings. The fraction of sp³-hybridized carbons (Fsp3) is 0.308. The van der Waals surface area contributed by atoms with E-state index in [0.29, 0.717) is 5.35 Å². The number of carbonyl (C=O) groups excluding carboxylic acids is 1. The first-order valence-electron chi connectivity index (χ1n) is 5.69. The van der Waals surface area contributed by atoms with Crippen molar-refractivity contribution in [2.45, 2.75) is 13.8 Å². The normalized spacial score (nSPS) is 11.9. The van der Waals surface area contributed by atoms with Gasteiger partial charge in [0.15, 0.2) is 0 Å². The van der Waals surface area contributed by atoms with E-state index in [4.69, 9.17) is 4.84 Å². The monoisotopic (exact) mass is 263 g/mol. The van der Waals surface area contributed by atoms with Gasteiger partial charge >= 0.3 is 6.09 Å². The van der Waals surface area contributed by atoms with Gasteiger partial charge in [-0.05, 0) is 19.9 Å². The van der Waals surface area contributed by atoms with Crippen LogP contribution >= 0.6 is 0 Å². The van der Waals surface area contributed by atoms with Crippen molar-refractivity contribution in [3.8, 4) is 0 Å². The average Bonchev–Trinajstić information content (AvgIpc) is 2.33. The van der Waals surface area contributed by atoms with Gasteiger partial charge in [-0.3, -0.25) is 4.79 Å². The largest absolute Gasteiger partial charge is 0.434 e. The summed E-state index contributed by atoms with van der Waals surface area (Å²) in [6.07, 6.45) is 4.40. The molecule has 1 amide bonds. The van der Waals surface area contributed by atoms with Crippen molar-refractivity contribution in [2.75, 3.05) is 14.1 Å². The van der Waals surface area contributed by atoms with Gasteiger partial charge in [0.25, 0.3) is 5.56 Å². The summed E-state index contributed by atoms with van der Waals surface area (Å²) in [5.41, 5.74) is -0.467. The van der Waals surface area contributed by atoms with E-state index in [1.54, 1.807) is 25.2 Å². The molecule has 0 bridgehead atoms. The van der Waals surface area contributed by atoms with Gasteiger partial charge in [0.2, 0.25) is 0 Å². The second-order valence-corrected chi connectivity index (χ2v) is 4.06. The van der Waals surface area contributed by atoms with E-state index in [1.165, 1.54) is 19.0 Å². The third-order valence-corrected chi connectivity index (χ3v) is 2.31. The second kappa shape index (κ2) is 5.99. The summed E-state index contributed by atoms with van der Waals surface area (Å²) in [6, 6.07) is 0. The predicted octanol–water partition coefficient (Wildman–Crippen LogP) is -0.571. The molecule has 19 heavy (non-hydrogen) atoms. The molecular weight excluding hydrogens is 246 g/mol. The van der Waals surface area contributed by atoms with Crippen LogP contribution in [0.5, 0.6) is 0 Å². The van der Waals surface area contributed by atoms with Gasteiger partial charge in [-0.15, -0.1) is 4.73 Å². The Bertz CT molecular complexity index is 672. The quantitative estimate of drug-likeness (QED) is 0.717. The molecule has 1 aromatic rings. The van der Waals surface area contributed by atoms with Crippen molar-refractivity contribution >= 4 is 18.7 Å². The van der Waals surface area contributed by atoms with Crippen molar-refractivity contribution in [1.29, 1.82) is 0 Å². The fourth-order valence-electron chi connectivity index (χ4n) is 1.31. The molecule has 0 aliphatic carbocycles. The number of hydrogen-bond donors (Lipinski definition) is 0. The number of carbonyl (C=O) groups is 1. The highest BCUT2D eigenvalue weighted by molar-refractivity contribution is 5.67. The van der Waals surface area contributed by atoms with Crippen molar-refractivity contribution in [3.63, 3.8) is 0 Å². The number of aromatic nitrogens is 2. The lowest BCUT2D eigenvalue weighted by atomic mass is 10.3. The molecule has 102 valence electrons. The standard InChI is InChI=1S/C13H17N3O3/c1-6-7-8-11-9(2)14-10(3)16(12(11)17)19-13(18)15(4)5/h6-8H,2H2,1,3-5H3/b7-6-,11-8+. The fourth-order valence-corrected chi connectivity index (χ4v) is 1.31. The Morgan fingerprint density at radius 2 is 2.11 bits per heavy atom. The minimum absolute atomic E-state index is 0.267. The van der Waals surface area contributed by atoms with Crippen LogP contribution in [0, 0.1) is 6.92 Å². The summed E-state index contributed by atoms with van der Waals surface area (Å²) in [7, 11) is 3.05. The Hall–Kier alpha value is -2.37. The molecule has 0 atom stereocenters. The molecule has 1 heterocycles. The molecule has 1 rings (SSSR count). The number of hydrogen-bond acceptors (Lipinski definition) is 4. The summed E-state index contributed by atoms with van der Waals surface area (Å²) in [4.78, 5) is 34.0. The van der Waals surface area contributed by atoms with Crippen LogP contribution < -0.4 is 21.0 Å². The van der Waals surface area contributed by atoms with Crippen LogP contribution in [0.25, 0.3) is 12.7 Å². The molecule has 6 heteroatoms. The van der Waals surface area contributed by atoms with Gasteiger partial charge in [-0.1, -0.05) is 18.7 Å². The summed E-state index contributed by atoms with van der Waals surface area (Å²) in [5, 5.41) is 0.632. The van der Waals surface area contributed by atoms with Gasteiger partial charge in [0, 0.05) is 14.1 Å². The highest BCUT2D eigenvalue weighted by Gasteiger charge is 2.11. The van der Waals surface area contributed by atoms with Gasteiger partial charge in [0.1, 0.15) is 5.82 Å². The van der Waals surface area contributed by atoms with Gasteiger partial charge in [0.05, 0.1) is 10.6 Å². The third kappa shape index (κ3) is 3.31. The predicted molar refractivity (Wildman–Crippen MR) is 72.9 cm³/mol. The van der Waals surface area contributed by atoms with E-state index < -0.39 is 11.7 Å². The average molecular weight is 263 g/mol. The smallest absolute Gasteiger partial charge is 0.312 e. The zero-order valence-electron chi connectivity index (χ0n) is 11.5. The summed E-state index contributed by atoms with van der Waals surface area (Å²) < 4.78 is 0.867. The van der Waals surface area contributed by atoms with E-state index in [0.717, 1.165) is 4.73 Å². The molecule has 0 N–H and O–H groups in total. The van der Waals surface area contributed by atoms with Gasteiger partial charge in [-0.2, -0.15) is 0 Å². The molecule has 0 saturated heterocycles. The lowest BCUT2D eigenvalue weighted by Crippen LogP contribution is -2.51. The first-order valence-corrected chi connectivity index (χ1v) is 5.69. The van der Waals surface area contributed by atoms with E-state index in [2.05, 4.69) is 11.6 Å². The highest BCUT2D eigenvalue weighted by Crippen LogP contribution is 1.85. The van der Waals surface area contributed by atoms with Crippen LogP contribution in [0.3, 0.4) is 0 Å². The van der Waals surface area contributed by atoms with Crippen molar-refractivity contribution < 1.29 is 9.63 Å². The summed E-state index contributed by atoms with van der Waals surface area (Å²) >= 11 is 0. The molecule has 0 saturated carbocycles. The third-order valence-electron chi connectivity index (χ3n) is 2.31. The molecular formula is C13H17N3O3. The number of allylic oxidation sites excluding steroid dienone is 2. The lowest BCUT2D eigenvalue weighted by Gasteiger charge is -2.12. The van der Waals surface area contributed by atoms with E-state index in [9.17, 15) is 9.59 Å². The molecule has 0 unspecified atom stereocenters. The zero-order valence-corrected chi connectivity index (χ0v) is 11.5. The van der Waals surface area contributed by atoms with Crippen molar-refractivity contribution in [3.05, 3.63) is 38.9 Å². The van der Waals surface area contributed by atoms with Crippen LogP contribution in [0.15, 0.2) is 16.9 Å². The Kier molecular flexibility index (Phi) is 4.63. The maximum atomic E-state index is 12.2. The molecule has 0 aliphatic heterocycles. The molecule has 0 spiro atoms. The maximum Gasteiger partial charge on any atom is 0.434 e. The number of aryl methyl sites for hydroxylation is 1. The number of rotatable bonds is 2. The maximum absolute atomic E-state index is 12.2. The van der Waals surface area contributed by atoms with Crippen LogP contribution in [-0.4, -0.2) is 34.8 Å². The Morgan fingerprint density at radius 3 is 2.63 bits per heavy atom. The van der Waals surface area contributed by atoms with Gasteiger partial charge in [-0.25, -0.2) is 9.78 Å². The minimum atomic E-state index is -0.652. The Morgan fingerprint density at radius 1 is 1.47 bits per heavy atom. The molecule has 0 aliphatic rings. The van der Waals surface area contributed by atoms with Crippen LogP contribution in [0.2, 0.25) is 0 Å². The van der Waals surface area contributed by atoms with Crippen molar-refractivity contribution in [1.82, 2.24) is 14.6 Å². The minimum Gasteiger partial charge on any atom is -0.312 e. The number of nitrogens with zero attached hydrogens (tertiary/aromatic N) is 3. The van der Waals surface area contributed by atoms with Crippen LogP contribution in [-0.2, 0) is 0 Å². The van der Waals surface area contributed by atoms with E-state index >= 15 is 0 Å². The van der Waals surface area contributed by atoms with Crippen LogP contribution in [0.4, 0.5) is 4.79 Å². The molecule has 0 radical (unpaired) electrons. The second-order valence-electron chi connectivity index (χ2n) is 4.06. The Balaban J connectivity index is 3.47. The first-order chi connectivity index (χ1) is 8.88. The van der Waals surface area contributed by atoms with Crippen molar-refractivity contribution in [2.24, 2.45) is 0 Å². The molecule has 6 nitrogen and oxygen atoms in total. The highest BCUT2D eigenvalue weighted by atomic mass is 16.7. The first kappa shape index (κ1) is 14.7. The van der Waals surface area contributed by atoms with E-state index in [-0.39, 0.29) is 11.0 Å². The summed E-state index contributed by atoms with van der Waals surface area (Å²) in [6.45, 7) is 7.10. The van der Waals surface area contributed by atoms with Crippen LogP contribution in [0.1, 0.15) is 12.7 Å². The Labute approximate surface area is 110 Å². The lowest BCUT2D eigenvalue weighted by molar-refractivity contribution is 0.0977. The zero-order chi connectivity index (χ0) is 14.6. The topological polar surface area (TPSA) is 64.4 Å². The van der Waals surface area contributed by atoms with E-state index in [1.807, 2.05) is 6.92 Å². The summed E-state index contributed by atoms with van der Waals surface area (Å²) in [5.74, 6) is 0.267. The number of amides is 1. The molecule has 1 aromatic heterocycles. The SMILES string of the molecule is C=c1nc(C)n(OC(=O)N(C)C)c(=O)/c1=C/C=C\C.